The molecule has 0 aliphatic heterocycles. The molecule has 1 aliphatic rings. The van der Waals surface area contributed by atoms with Gasteiger partial charge >= 0.3 is 0 Å². The van der Waals surface area contributed by atoms with Gasteiger partial charge in [-0.15, -0.1) is 0 Å². The van der Waals surface area contributed by atoms with Crippen LogP contribution in [0.5, 0.6) is 0 Å². The molecule has 0 heterocycles. The highest BCUT2D eigenvalue weighted by atomic mass is 14.5. The van der Waals surface area contributed by atoms with Crippen molar-refractivity contribution in [3.63, 3.8) is 0 Å². The van der Waals surface area contributed by atoms with Gasteiger partial charge < -0.3 is 0 Å². The second-order valence-corrected chi connectivity index (χ2v) is 7.53. The summed E-state index contributed by atoms with van der Waals surface area (Å²) in [5, 5.41) is 0. The van der Waals surface area contributed by atoms with Crippen molar-refractivity contribution in [1.82, 2.24) is 0 Å². The Hall–Kier alpha value is -3.12. The molecule has 0 atom stereocenters. The largest absolute Gasteiger partial charge is 0.0716 e. The molecule has 0 saturated carbocycles. The Labute approximate surface area is 161 Å². The highest BCUT2D eigenvalue weighted by Gasteiger charge is 2.46. The number of benzene rings is 4. The highest BCUT2D eigenvalue weighted by molar-refractivity contribution is 5.87. The van der Waals surface area contributed by atoms with E-state index in [2.05, 4.69) is 111 Å². The molecule has 0 aromatic heterocycles. The first kappa shape index (κ1) is 16.1. The Balaban J connectivity index is 2.01. The molecule has 1 aliphatic carbocycles. The van der Waals surface area contributed by atoms with Gasteiger partial charge in [0, 0.05) is 0 Å². The summed E-state index contributed by atoms with van der Waals surface area (Å²) in [5.74, 6) is 0. The van der Waals surface area contributed by atoms with E-state index in [-0.39, 0.29) is 5.41 Å². The molecule has 0 amide bonds. The van der Waals surface area contributed by atoms with Gasteiger partial charge in [0.1, 0.15) is 0 Å². The molecule has 0 N–H and O–H groups in total. The first-order chi connectivity index (χ1) is 13.2. The molecule has 4 aromatic rings. The summed E-state index contributed by atoms with van der Waals surface area (Å²) in [5.41, 5.74) is 10.6. The van der Waals surface area contributed by atoms with E-state index in [1.165, 1.54) is 44.5 Å². The van der Waals surface area contributed by atoms with E-state index >= 15 is 0 Å². The van der Waals surface area contributed by atoms with Crippen LogP contribution in [0.2, 0.25) is 0 Å². The molecule has 0 radical (unpaired) electrons. The fraction of sp³-hybridized carbons (Fsp3) is 0.111. The molecular formula is C27H22. The van der Waals surface area contributed by atoms with E-state index in [4.69, 9.17) is 0 Å². The van der Waals surface area contributed by atoms with Crippen molar-refractivity contribution in [3.8, 4) is 11.1 Å². The maximum Gasteiger partial charge on any atom is 0.0716 e. The molecule has 5 rings (SSSR count). The Morgan fingerprint density at radius 3 is 1.81 bits per heavy atom. The molecule has 0 bridgehead atoms. The lowest BCUT2D eigenvalue weighted by Crippen LogP contribution is -2.29. The standard InChI is InChI=1S/C27H22/c1-19-16-17-25-24(18-19)23-15-9-10-20(2)26(23)27(25,21-11-5-3-6-12-21)22-13-7-4-8-14-22/h3-18H,1-2H3. The third-order valence-corrected chi connectivity index (χ3v) is 5.93. The first-order valence-electron chi connectivity index (χ1n) is 9.55. The summed E-state index contributed by atoms with van der Waals surface area (Å²) in [6, 6.07) is 35.6. The minimum atomic E-state index is -0.272. The quantitative estimate of drug-likeness (QED) is 0.335. The maximum absolute atomic E-state index is 2.35. The molecule has 4 aromatic carbocycles. The number of hydrogen-bond donors (Lipinski definition) is 0. The van der Waals surface area contributed by atoms with Crippen LogP contribution in [0, 0.1) is 13.8 Å². The van der Waals surface area contributed by atoms with Crippen molar-refractivity contribution >= 4 is 0 Å². The minimum Gasteiger partial charge on any atom is -0.0622 e. The smallest absolute Gasteiger partial charge is 0.0622 e. The van der Waals surface area contributed by atoms with E-state index in [9.17, 15) is 0 Å². The lowest BCUT2D eigenvalue weighted by molar-refractivity contribution is 0.761. The average molecular weight is 346 g/mol. The Morgan fingerprint density at radius 2 is 1.19 bits per heavy atom. The van der Waals surface area contributed by atoms with Crippen LogP contribution in [0.15, 0.2) is 97.1 Å². The summed E-state index contributed by atoms with van der Waals surface area (Å²) in [7, 11) is 0. The zero-order valence-corrected chi connectivity index (χ0v) is 15.7. The fourth-order valence-corrected chi connectivity index (χ4v) is 4.88. The number of aryl methyl sites for hydroxylation is 2. The van der Waals surface area contributed by atoms with Crippen molar-refractivity contribution in [2.75, 3.05) is 0 Å². The number of rotatable bonds is 2. The van der Waals surface area contributed by atoms with Crippen molar-refractivity contribution in [2.24, 2.45) is 0 Å². The second kappa shape index (κ2) is 5.96. The van der Waals surface area contributed by atoms with Gasteiger partial charge in [-0.25, -0.2) is 0 Å². The monoisotopic (exact) mass is 346 g/mol. The molecule has 130 valence electrons. The van der Waals surface area contributed by atoms with E-state index in [0.29, 0.717) is 0 Å². The van der Waals surface area contributed by atoms with Gasteiger partial charge in [-0.1, -0.05) is 103 Å². The van der Waals surface area contributed by atoms with Crippen LogP contribution in [0.4, 0.5) is 0 Å². The average Bonchev–Trinajstić information content (AvgIpc) is 3.01. The molecule has 27 heavy (non-hydrogen) atoms. The van der Waals surface area contributed by atoms with Gasteiger partial charge in [0.05, 0.1) is 5.41 Å². The summed E-state index contributed by atoms with van der Waals surface area (Å²) in [6.07, 6.45) is 0. The van der Waals surface area contributed by atoms with Crippen LogP contribution < -0.4 is 0 Å². The van der Waals surface area contributed by atoms with Crippen LogP contribution in [0.1, 0.15) is 33.4 Å². The summed E-state index contributed by atoms with van der Waals surface area (Å²) in [4.78, 5) is 0. The zero-order valence-electron chi connectivity index (χ0n) is 15.7. The minimum absolute atomic E-state index is 0.272. The Kier molecular flexibility index (Phi) is 3.55. The third kappa shape index (κ3) is 2.16. The number of hydrogen-bond acceptors (Lipinski definition) is 0. The van der Waals surface area contributed by atoms with Crippen LogP contribution in [0.3, 0.4) is 0 Å². The Bertz CT molecular complexity index is 1080. The van der Waals surface area contributed by atoms with Crippen molar-refractivity contribution < 1.29 is 0 Å². The van der Waals surface area contributed by atoms with Crippen LogP contribution in [-0.2, 0) is 5.41 Å². The predicted molar refractivity (Wildman–Crippen MR) is 113 cm³/mol. The lowest BCUT2D eigenvalue weighted by Gasteiger charge is -2.34. The van der Waals surface area contributed by atoms with E-state index in [1.807, 2.05) is 0 Å². The normalized spacial score (nSPS) is 13.9. The van der Waals surface area contributed by atoms with Gasteiger partial charge in [0.25, 0.3) is 0 Å². The molecular weight excluding hydrogens is 324 g/mol. The zero-order chi connectivity index (χ0) is 18.4. The van der Waals surface area contributed by atoms with Gasteiger partial charge in [0.15, 0.2) is 0 Å². The second-order valence-electron chi connectivity index (χ2n) is 7.53. The number of fused-ring (bicyclic) bond motifs is 3. The molecule has 0 spiro atoms. The highest BCUT2D eigenvalue weighted by Crippen LogP contribution is 2.57. The van der Waals surface area contributed by atoms with Crippen LogP contribution in [-0.4, -0.2) is 0 Å². The maximum atomic E-state index is 2.35. The van der Waals surface area contributed by atoms with E-state index in [0.717, 1.165) is 0 Å². The first-order valence-corrected chi connectivity index (χ1v) is 9.55. The third-order valence-electron chi connectivity index (χ3n) is 5.93. The van der Waals surface area contributed by atoms with Crippen molar-refractivity contribution in [3.05, 3.63) is 130 Å². The van der Waals surface area contributed by atoms with Gasteiger partial charge in [-0.2, -0.15) is 0 Å². The van der Waals surface area contributed by atoms with Crippen LogP contribution in [0.25, 0.3) is 11.1 Å². The van der Waals surface area contributed by atoms with Gasteiger partial charge in [-0.3, -0.25) is 0 Å². The molecule has 0 nitrogen and oxygen atoms in total. The lowest BCUT2D eigenvalue weighted by atomic mass is 9.66. The Morgan fingerprint density at radius 1 is 0.556 bits per heavy atom. The molecule has 0 saturated heterocycles. The predicted octanol–water partition coefficient (Wildman–Crippen LogP) is 6.67. The van der Waals surface area contributed by atoms with E-state index in [1.54, 1.807) is 0 Å². The summed E-state index contributed by atoms with van der Waals surface area (Å²) in [6.45, 7) is 4.43. The van der Waals surface area contributed by atoms with Gasteiger partial charge in [0.2, 0.25) is 0 Å². The van der Waals surface area contributed by atoms with Crippen LogP contribution >= 0.6 is 0 Å². The molecule has 0 unspecified atom stereocenters. The SMILES string of the molecule is Cc1ccc2c(c1)-c1cccc(C)c1C2(c1ccccc1)c1ccccc1. The van der Waals surface area contributed by atoms with Crippen molar-refractivity contribution in [2.45, 2.75) is 19.3 Å². The fourth-order valence-electron chi connectivity index (χ4n) is 4.88. The topological polar surface area (TPSA) is 0 Å². The van der Waals surface area contributed by atoms with E-state index < -0.39 is 0 Å². The van der Waals surface area contributed by atoms with Crippen molar-refractivity contribution in [1.29, 1.82) is 0 Å². The van der Waals surface area contributed by atoms with Gasteiger partial charge in [-0.05, 0) is 52.8 Å². The molecule has 0 heteroatoms. The summed E-state index contributed by atoms with van der Waals surface area (Å²) < 4.78 is 0. The molecule has 0 fully saturated rings. The summed E-state index contributed by atoms with van der Waals surface area (Å²) >= 11 is 0.